The van der Waals surface area contributed by atoms with Crippen molar-refractivity contribution < 1.29 is 5.11 Å². The summed E-state index contributed by atoms with van der Waals surface area (Å²) in [6.07, 6.45) is 7.72. The van der Waals surface area contributed by atoms with E-state index in [9.17, 15) is 10.4 Å². The van der Waals surface area contributed by atoms with Gasteiger partial charge in [0.1, 0.15) is 0 Å². The van der Waals surface area contributed by atoms with Crippen molar-refractivity contribution in [2.45, 2.75) is 75.8 Å². The number of nitrogens with zero attached hydrogens (tertiary/aromatic N) is 4. The van der Waals surface area contributed by atoms with Crippen LogP contribution in [0.15, 0.2) is 54.6 Å². The Bertz CT molecular complexity index is 1040. The fourth-order valence-corrected chi connectivity index (χ4v) is 6.86. The zero-order chi connectivity index (χ0) is 24.5. The SMILES string of the molecule is CCN(C)[C@]1(c2ccccc2)CC[C@]2(CC1)CN(Cc1cccc(C#N)c1)C(O)N2CC1CCC1. The van der Waals surface area contributed by atoms with Crippen LogP contribution in [0.2, 0.25) is 0 Å². The third-order valence-corrected chi connectivity index (χ3v) is 9.36. The van der Waals surface area contributed by atoms with Crippen LogP contribution in [-0.2, 0) is 12.1 Å². The van der Waals surface area contributed by atoms with Crippen molar-refractivity contribution in [3.05, 3.63) is 71.3 Å². The summed E-state index contributed by atoms with van der Waals surface area (Å²) >= 11 is 0. The predicted molar refractivity (Wildman–Crippen MR) is 139 cm³/mol. The van der Waals surface area contributed by atoms with Crippen LogP contribution in [0, 0.1) is 17.2 Å². The van der Waals surface area contributed by atoms with Gasteiger partial charge < -0.3 is 5.11 Å². The highest BCUT2D eigenvalue weighted by atomic mass is 16.3. The van der Waals surface area contributed by atoms with Crippen LogP contribution in [-0.4, -0.2) is 58.4 Å². The summed E-state index contributed by atoms with van der Waals surface area (Å²) in [7, 11) is 2.27. The minimum absolute atomic E-state index is 0.00864. The first-order valence-corrected chi connectivity index (χ1v) is 13.4. The van der Waals surface area contributed by atoms with Gasteiger partial charge >= 0.3 is 0 Å². The van der Waals surface area contributed by atoms with Crippen LogP contribution in [0.4, 0.5) is 0 Å². The minimum Gasteiger partial charge on any atom is -0.365 e. The summed E-state index contributed by atoms with van der Waals surface area (Å²) in [6, 6.07) is 21.1. The van der Waals surface area contributed by atoms with Gasteiger partial charge in [-0.1, -0.05) is 55.8 Å². The fraction of sp³-hybridized carbons (Fsp3) is 0.567. The van der Waals surface area contributed by atoms with Gasteiger partial charge in [0.05, 0.1) is 11.6 Å². The summed E-state index contributed by atoms with van der Waals surface area (Å²) in [6.45, 7) is 5.85. The molecule has 3 fully saturated rings. The summed E-state index contributed by atoms with van der Waals surface area (Å²) in [4.78, 5) is 7.25. The summed E-state index contributed by atoms with van der Waals surface area (Å²) in [5.74, 6) is 0.711. The Kier molecular flexibility index (Phi) is 7.01. The van der Waals surface area contributed by atoms with E-state index in [2.05, 4.69) is 71.1 Å². The number of aliphatic hydroxyl groups excluding tert-OH is 1. The fourth-order valence-electron chi connectivity index (χ4n) is 6.86. The van der Waals surface area contributed by atoms with Gasteiger partial charge in [-0.25, -0.2) is 0 Å². The maximum Gasteiger partial charge on any atom is 0.166 e. The Morgan fingerprint density at radius 2 is 1.80 bits per heavy atom. The molecule has 1 atom stereocenters. The van der Waals surface area contributed by atoms with Crippen molar-refractivity contribution in [1.82, 2.24) is 14.7 Å². The molecule has 1 aliphatic heterocycles. The number of benzene rings is 2. The Morgan fingerprint density at radius 1 is 1.06 bits per heavy atom. The maximum atomic E-state index is 11.6. The Hall–Kier alpha value is -2.23. The lowest BCUT2D eigenvalue weighted by Crippen LogP contribution is -2.57. The number of aliphatic hydroxyl groups is 1. The Morgan fingerprint density at radius 3 is 2.43 bits per heavy atom. The summed E-state index contributed by atoms with van der Waals surface area (Å²) in [5, 5.41) is 20.9. The van der Waals surface area contributed by atoms with E-state index in [0.29, 0.717) is 18.0 Å². The van der Waals surface area contributed by atoms with Gasteiger partial charge in [0, 0.05) is 30.7 Å². The molecular formula is C30H40N4O. The van der Waals surface area contributed by atoms with Gasteiger partial charge in [0.15, 0.2) is 6.35 Å². The first-order chi connectivity index (χ1) is 17.0. The molecule has 5 nitrogen and oxygen atoms in total. The second kappa shape index (κ2) is 10.0. The third kappa shape index (κ3) is 4.54. The average molecular weight is 473 g/mol. The van der Waals surface area contributed by atoms with Crippen molar-refractivity contribution in [3.8, 4) is 6.07 Å². The van der Waals surface area contributed by atoms with E-state index in [1.165, 1.54) is 24.8 Å². The molecule has 0 radical (unpaired) electrons. The van der Waals surface area contributed by atoms with Crippen molar-refractivity contribution in [3.63, 3.8) is 0 Å². The van der Waals surface area contributed by atoms with Gasteiger partial charge in [-0.05, 0) is 81.3 Å². The monoisotopic (exact) mass is 472 g/mol. The van der Waals surface area contributed by atoms with Gasteiger partial charge in [0.25, 0.3) is 0 Å². The molecule has 1 spiro atoms. The van der Waals surface area contributed by atoms with Crippen molar-refractivity contribution in [2.75, 3.05) is 26.7 Å². The topological polar surface area (TPSA) is 53.7 Å². The molecule has 35 heavy (non-hydrogen) atoms. The summed E-state index contributed by atoms with van der Waals surface area (Å²) in [5.41, 5.74) is 3.28. The highest BCUT2D eigenvalue weighted by Crippen LogP contribution is 2.50. The first kappa shape index (κ1) is 24.5. The summed E-state index contributed by atoms with van der Waals surface area (Å²) < 4.78 is 0. The molecule has 5 rings (SSSR count). The molecule has 2 aromatic carbocycles. The van der Waals surface area contributed by atoms with Crippen LogP contribution in [0.25, 0.3) is 0 Å². The van der Waals surface area contributed by atoms with E-state index in [1.54, 1.807) is 0 Å². The predicted octanol–water partition coefficient (Wildman–Crippen LogP) is 4.91. The zero-order valence-corrected chi connectivity index (χ0v) is 21.4. The lowest BCUT2D eigenvalue weighted by Gasteiger charge is -2.53. The molecular weight excluding hydrogens is 432 g/mol. The molecule has 186 valence electrons. The van der Waals surface area contributed by atoms with E-state index in [1.807, 2.05) is 18.2 Å². The molecule has 2 aromatic rings. The van der Waals surface area contributed by atoms with E-state index in [-0.39, 0.29) is 11.1 Å². The number of nitriles is 1. The second-order valence-electron chi connectivity index (χ2n) is 11.1. The van der Waals surface area contributed by atoms with E-state index >= 15 is 0 Å². The molecule has 1 unspecified atom stereocenters. The molecule has 0 aromatic heterocycles. The van der Waals surface area contributed by atoms with Crippen LogP contribution in [0.5, 0.6) is 0 Å². The van der Waals surface area contributed by atoms with Gasteiger partial charge in [-0.3, -0.25) is 14.7 Å². The lowest BCUT2D eigenvalue weighted by atomic mass is 9.68. The van der Waals surface area contributed by atoms with Crippen LogP contribution in [0.1, 0.15) is 68.6 Å². The molecule has 1 heterocycles. The van der Waals surface area contributed by atoms with Gasteiger partial charge in [-0.15, -0.1) is 0 Å². The normalized spacial score (nSPS) is 30.0. The molecule has 0 amide bonds. The third-order valence-electron chi connectivity index (χ3n) is 9.36. The highest BCUT2D eigenvalue weighted by molar-refractivity contribution is 5.33. The molecule has 2 aliphatic carbocycles. The Balaban J connectivity index is 1.40. The lowest BCUT2D eigenvalue weighted by molar-refractivity contribution is -0.104. The number of hydrogen-bond donors (Lipinski definition) is 1. The van der Waals surface area contributed by atoms with E-state index in [0.717, 1.165) is 50.9 Å². The molecule has 2 saturated carbocycles. The van der Waals surface area contributed by atoms with Crippen LogP contribution in [0.3, 0.4) is 0 Å². The Labute approximate surface area is 211 Å². The molecule has 1 N–H and O–H groups in total. The second-order valence-corrected chi connectivity index (χ2v) is 11.1. The van der Waals surface area contributed by atoms with Crippen LogP contribution >= 0.6 is 0 Å². The highest BCUT2D eigenvalue weighted by Gasteiger charge is 2.55. The minimum atomic E-state index is -0.561. The van der Waals surface area contributed by atoms with E-state index in [4.69, 9.17) is 0 Å². The first-order valence-electron chi connectivity index (χ1n) is 13.4. The number of hydrogen-bond acceptors (Lipinski definition) is 5. The molecule has 3 aliphatic rings. The number of rotatable bonds is 7. The quantitative estimate of drug-likeness (QED) is 0.620. The smallest absolute Gasteiger partial charge is 0.166 e. The maximum absolute atomic E-state index is 11.6. The molecule has 1 saturated heterocycles. The molecule has 5 heteroatoms. The van der Waals surface area contributed by atoms with Crippen molar-refractivity contribution in [1.29, 1.82) is 5.26 Å². The van der Waals surface area contributed by atoms with Crippen LogP contribution < -0.4 is 0 Å². The largest absolute Gasteiger partial charge is 0.365 e. The van der Waals surface area contributed by atoms with E-state index < -0.39 is 6.35 Å². The zero-order valence-electron chi connectivity index (χ0n) is 21.4. The van der Waals surface area contributed by atoms with Crippen molar-refractivity contribution >= 4 is 0 Å². The van der Waals surface area contributed by atoms with Gasteiger partial charge in [0.2, 0.25) is 0 Å². The molecule has 0 bridgehead atoms. The van der Waals surface area contributed by atoms with Gasteiger partial charge in [-0.2, -0.15) is 5.26 Å². The average Bonchev–Trinajstić information content (AvgIpc) is 3.12. The standard InChI is InChI=1S/C30H40N4O/c1-3-32(2)30(27-13-5-4-6-14-27)17-15-29(16-18-30)23-33(21-26-12-8-11-25(19-26)20-31)28(35)34(29)22-24-9-7-10-24/h4-6,8,11-14,19,24,28,35H,3,7,9-10,15-18,21-23H2,1-2H3/t28?,29-,30+. The van der Waals surface area contributed by atoms with Crippen molar-refractivity contribution in [2.24, 2.45) is 5.92 Å².